The fourth-order valence-corrected chi connectivity index (χ4v) is 1.78. The SMILES string of the molecule is CCOC(=O)C(=O)c1ccccc1N1C=NCC1. The molecule has 1 heterocycles. The zero-order valence-corrected chi connectivity index (χ0v) is 10.1. The summed E-state index contributed by atoms with van der Waals surface area (Å²) in [4.78, 5) is 29.4. The van der Waals surface area contributed by atoms with Gasteiger partial charge in [-0.25, -0.2) is 4.79 Å². The quantitative estimate of drug-likeness (QED) is 0.456. The fraction of sp³-hybridized carbons (Fsp3) is 0.308. The summed E-state index contributed by atoms with van der Waals surface area (Å²) in [5.74, 6) is -1.44. The van der Waals surface area contributed by atoms with E-state index < -0.39 is 11.8 Å². The first-order valence-electron chi connectivity index (χ1n) is 5.81. The number of aliphatic imine (C=N–C) groups is 1. The lowest BCUT2D eigenvalue weighted by Gasteiger charge is -2.17. The van der Waals surface area contributed by atoms with Crippen LogP contribution in [0.2, 0.25) is 0 Å². The molecule has 0 aromatic heterocycles. The zero-order valence-electron chi connectivity index (χ0n) is 10.1. The Morgan fingerprint density at radius 2 is 2.17 bits per heavy atom. The first-order valence-corrected chi connectivity index (χ1v) is 5.81. The summed E-state index contributed by atoms with van der Waals surface area (Å²) < 4.78 is 4.74. The monoisotopic (exact) mass is 246 g/mol. The molecule has 94 valence electrons. The number of carbonyl (C=O) groups is 2. The van der Waals surface area contributed by atoms with Crippen LogP contribution in [0.5, 0.6) is 0 Å². The van der Waals surface area contributed by atoms with Gasteiger partial charge in [0, 0.05) is 6.54 Å². The van der Waals surface area contributed by atoms with Gasteiger partial charge in [-0.3, -0.25) is 9.79 Å². The minimum atomic E-state index is -0.818. The summed E-state index contributed by atoms with van der Waals surface area (Å²) in [6.45, 7) is 3.27. The molecular formula is C13H14N2O3. The van der Waals surface area contributed by atoms with Crippen LogP contribution in [0.4, 0.5) is 5.69 Å². The van der Waals surface area contributed by atoms with E-state index in [9.17, 15) is 9.59 Å². The molecule has 0 N–H and O–H groups in total. The highest BCUT2D eigenvalue weighted by Crippen LogP contribution is 2.21. The van der Waals surface area contributed by atoms with Gasteiger partial charge in [0.25, 0.3) is 5.78 Å². The Bertz CT molecular complexity index is 497. The molecule has 1 aliphatic rings. The molecule has 1 aromatic rings. The van der Waals surface area contributed by atoms with Crippen molar-refractivity contribution in [1.29, 1.82) is 0 Å². The van der Waals surface area contributed by atoms with Crippen LogP contribution < -0.4 is 4.90 Å². The molecule has 0 fully saturated rings. The van der Waals surface area contributed by atoms with Crippen molar-refractivity contribution in [2.45, 2.75) is 6.92 Å². The van der Waals surface area contributed by atoms with E-state index in [2.05, 4.69) is 4.99 Å². The average Bonchev–Trinajstić information content (AvgIpc) is 2.92. The summed E-state index contributed by atoms with van der Waals surface area (Å²) in [5.41, 5.74) is 1.04. The Kier molecular flexibility index (Phi) is 3.72. The summed E-state index contributed by atoms with van der Waals surface area (Å²) in [5, 5.41) is 0. The maximum absolute atomic E-state index is 12.0. The van der Waals surface area contributed by atoms with E-state index in [0.717, 1.165) is 0 Å². The van der Waals surface area contributed by atoms with Crippen LogP contribution in [0.1, 0.15) is 17.3 Å². The minimum absolute atomic E-state index is 0.192. The molecule has 0 saturated carbocycles. The van der Waals surface area contributed by atoms with Gasteiger partial charge in [0.05, 0.1) is 30.7 Å². The number of rotatable bonds is 4. The Morgan fingerprint density at radius 1 is 1.39 bits per heavy atom. The molecule has 0 unspecified atom stereocenters. The van der Waals surface area contributed by atoms with Crippen LogP contribution in [0.15, 0.2) is 29.3 Å². The molecule has 0 bridgehead atoms. The predicted octanol–water partition coefficient (Wildman–Crippen LogP) is 1.28. The molecule has 18 heavy (non-hydrogen) atoms. The largest absolute Gasteiger partial charge is 0.460 e. The number of Topliss-reactive ketones (excluding diaryl/α,β-unsaturated/α-hetero) is 1. The number of nitrogens with zero attached hydrogens (tertiary/aromatic N) is 2. The van der Waals surface area contributed by atoms with Crippen molar-refractivity contribution in [3.8, 4) is 0 Å². The Labute approximate surface area is 105 Å². The molecule has 0 aliphatic carbocycles. The normalized spacial score (nSPS) is 13.7. The Morgan fingerprint density at radius 3 is 2.83 bits per heavy atom. The highest BCUT2D eigenvalue weighted by atomic mass is 16.5. The maximum Gasteiger partial charge on any atom is 0.379 e. The molecule has 5 heteroatoms. The molecule has 0 radical (unpaired) electrons. The van der Waals surface area contributed by atoms with Crippen molar-refractivity contribution >= 4 is 23.8 Å². The molecule has 5 nitrogen and oxygen atoms in total. The van der Waals surface area contributed by atoms with Crippen LogP contribution in [-0.2, 0) is 9.53 Å². The highest BCUT2D eigenvalue weighted by Gasteiger charge is 2.23. The van der Waals surface area contributed by atoms with Crippen LogP contribution >= 0.6 is 0 Å². The van der Waals surface area contributed by atoms with E-state index in [1.807, 2.05) is 11.0 Å². The molecule has 2 rings (SSSR count). The smallest absolute Gasteiger partial charge is 0.379 e. The number of ether oxygens (including phenoxy) is 1. The summed E-state index contributed by atoms with van der Waals surface area (Å²) in [6.07, 6.45) is 1.68. The predicted molar refractivity (Wildman–Crippen MR) is 68.1 cm³/mol. The summed E-state index contributed by atoms with van der Waals surface area (Å²) >= 11 is 0. The maximum atomic E-state index is 12.0. The molecule has 1 aliphatic heterocycles. The van der Waals surface area contributed by atoms with Crippen LogP contribution in [0, 0.1) is 0 Å². The zero-order chi connectivity index (χ0) is 13.0. The third kappa shape index (κ3) is 2.40. The molecule has 0 spiro atoms. The number of esters is 1. The Hall–Kier alpha value is -2.17. The molecule has 1 aromatic carbocycles. The van der Waals surface area contributed by atoms with Crippen molar-refractivity contribution in [2.24, 2.45) is 4.99 Å². The van der Waals surface area contributed by atoms with Crippen molar-refractivity contribution in [1.82, 2.24) is 0 Å². The van der Waals surface area contributed by atoms with Crippen molar-refractivity contribution in [3.05, 3.63) is 29.8 Å². The Balaban J connectivity index is 2.29. The van der Waals surface area contributed by atoms with Crippen molar-refractivity contribution < 1.29 is 14.3 Å². The second kappa shape index (κ2) is 5.44. The molecule has 0 saturated heterocycles. The third-order valence-electron chi connectivity index (χ3n) is 2.61. The molecule has 0 amide bonds. The number of para-hydroxylation sites is 1. The molecule has 0 atom stereocenters. The van der Waals surface area contributed by atoms with Gasteiger partial charge in [-0.2, -0.15) is 0 Å². The second-order valence-corrected chi connectivity index (χ2v) is 3.78. The van der Waals surface area contributed by atoms with E-state index in [1.165, 1.54) is 0 Å². The minimum Gasteiger partial charge on any atom is -0.460 e. The summed E-state index contributed by atoms with van der Waals surface area (Å²) in [6, 6.07) is 6.97. The lowest BCUT2D eigenvalue weighted by atomic mass is 10.1. The van der Waals surface area contributed by atoms with E-state index in [-0.39, 0.29) is 6.61 Å². The lowest BCUT2D eigenvalue weighted by Crippen LogP contribution is -2.24. The number of carbonyl (C=O) groups excluding carboxylic acids is 2. The summed E-state index contributed by atoms with van der Waals surface area (Å²) in [7, 11) is 0. The second-order valence-electron chi connectivity index (χ2n) is 3.78. The van der Waals surface area contributed by atoms with Gasteiger partial charge in [0.2, 0.25) is 0 Å². The lowest BCUT2D eigenvalue weighted by molar-refractivity contribution is -0.137. The van der Waals surface area contributed by atoms with Crippen LogP contribution in [-0.4, -0.2) is 37.8 Å². The third-order valence-corrected chi connectivity index (χ3v) is 2.61. The standard InChI is InChI=1S/C13H14N2O3/c1-2-18-13(17)12(16)10-5-3-4-6-11(10)15-8-7-14-9-15/h3-6,9H,2,7-8H2,1H3. The van der Waals surface area contributed by atoms with E-state index in [0.29, 0.717) is 24.3 Å². The van der Waals surface area contributed by atoms with Gasteiger partial charge >= 0.3 is 5.97 Å². The number of hydrogen-bond acceptors (Lipinski definition) is 5. The van der Waals surface area contributed by atoms with E-state index in [1.54, 1.807) is 31.5 Å². The number of ketones is 1. The van der Waals surface area contributed by atoms with Gasteiger partial charge < -0.3 is 9.64 Å². The van der Waals surface area contributed by atoms with Gasteiger partial charge in [0.1, 0.15) is 0 Å². The number of hydrogen-bond donors (Lipinski definition) is 0. The topological polar surface area (TPSA) is 59.0 Å². The number of benzene rings is 1. The van der Waals surface area contributed by atoms with Crippen molar-refractivity contribution in [2.75, 3.05) is 24.6 Å². The number of anilines is 1. The molecular weight excluding hydrogens is 232 g/mol. The van der Waals surface area contributed by atoms with E-state index in [4.69, 9.17) is 4.74 Å². The van der Waals surface area contributed by atoms with Gasteiger partial charge in [-0.1, -0.05) is 12.1 Å². The van der Waals surface area contributed by atoms with Crippen molar-refractivity contribution in [3.63, 3.8) is 0 Å². The highest BCUT2D eigenvalue weighted by molar-refractivity contribution is 6.42. The van der Waals surface area contributed by atoms with E-state index >= 15 is 0 Å². The fourth-order valence-electron chi connectivity index (χ4n) is 1.78. The van der Waals surface area contributed by atoms with Crippen LogP contribution in [0.25, 0.3) is 0 Å². The van der Waals surface area contributed by atoms with Gasteiger partial charge in [-0.05, 0) is 19.1 Å². The van der Waals surface area contributed by atoms with Gasteiger partial charge in [-0.15, -0.1) is 0 Å². The van der Waals surface area contributed by atoms with Crippen LogP contribution in [0.3, 0.4) is 0 Å². The van der Waals surface area contributed by atoms with Gasteiger partial charge in [0.15, 0.2) is 0 Å². The first kappa shape index (κ1) is 12.3. The average molecular weight is 246 g/mol. The first-order chi connectivity index (χ1) is 8.74.